The summed E-state index contributed by atoms with van der Waals surface area (Å²) in [6, 6.07) is 4.67. The van der Waals surface area contributed by atoms with Gasteiger partial charge >= 0.3 is 5.97 Å². The van der Waals surface area contributed by atoms with E-state index in [1.807, 2.05) is 0 Å². The zero-order valence-corrected chi connectivity index (χ0v) is 6.46. The minimum atomic E-state index is -1.04. The van der Waals surface area contributed by atoms with E-state index in [4.69, 9.17) is 5.11 Å². The van der Waals surface area contributed by atoms with Gasteiger partial charge in [-0.3, -0.25) is 0 Å². The van der Waals surface area contributed by atoms with E-state index in [9.17, 15) is 9.18 Å². The Kier molecular flexibility index (Phi) is 4.38. The minimum absolute atomic E-state index is 0.0985. The summed E-state index contributed by atoms with van der Waals surface area (Å²) < 4.78 is 12.2. The van der Waals surface area contributed by atoms with Crippen LogP contribution in [0.4, 0.5) is 4.39 Å². The fraction of sp³-hybridized carbons (Fsp3) is 0. The second-order valence-corrected chi connectivity index (χ2v) is 1.81. The quantitative estimate of drug-likeness (QED) is 0.653. The maximum absolute atomic E-state index is 12.2. The number of hydrogen-bond donors (Lipinski definition) is 1. The van der Waals surface area contributed by atoms with E-state index in [1.165, 1.54) is 12.1 Å². The molecular formula is C9H9FO2. The number of halogens is 1. The number of aromatic carboxylic acids is 1. The van der Waals surface area contributed by atoms with Gasteiger partial charge in [-0.05, 0) is 24.3 Å². The van der Waals surface area contributed by atoms with E-state index < -0.39 is 11.8 Å². The van der Waals surface area contributed by atoms with Crippen molar-refractivity contribution in [2.75, 3.05) is 0 Å². The van der Waals surface area contributed by atoms with Crippen LogP contribution in [-0.2, 0) is 0 Å². The van der Waals surface area contributed by atoms with Gasteiger partial charge in [-0.2, -0.15) is 0 Å². The third kappa shape index (κ3) is 2.96. The van der Waals surface area contributed by atoms with Gasteiger partial charge in [0.15, 0.2) is 0 Å². The first-order chi connectivity index (χ1) is 5.70. The maximum Gasteiger partial charge on any atom is 0.335 e. The number of rotatable bonds is 1. The van der Waals surface area contributed by atoms with E-state index in [0.717, 1.165) is 12.1 Å². The van der Waals surface area contributed by atoms with E-state index in [2.05, 4.69) is 13.2 Å². The van der Waals surface area contributed by atoms with Gasteiger partial charge in [-0.1, -0.05) is 0 Å². The molecule has 0 aliphatic carbocycles. The lowest BCUT2D eigenvalue weighted by Crippen LogP contribution is -1.94. The van der Waals surface area contributed by atoms with Crippen molar-refractivity contribution in [3.8, 4) is 0 Å². The number of carboxylic acid groups (broad SMARTS) is 1. The highest BCUT2D eigenvalue weighted by molar-refractivity contribution is 5.87. The van der Waals surface area contributed by atoms with E-state index in [-0.39, 0.29) is 5.56 Å². The zero-order chi connectivity index (χ0) is 9.56. The van der Waals surface area contributed by atoms with Gasteiger partial charge in [0.2, 0.25) is 0 Å². The summed E-state index contributed by atoms with van der Waals surface area (Å²) in [4.78, 5) is 10.2. The molecule has 0 fully saturated rings. The largest absolute Gasteiger partial charge is 0.478 e. The number of carbonyl (C=O) groups is 1. The van der Waals surface area contributed by atoms with Gasteiger partial charge in [0.05, 0.1) is 5.56 Å². The summed E-state index contributed by atoms with van der Waals surface area (Å²) in [6.07, 6.45) is 0. The van der Waals surface area contributed by atoms with Crippen LogP contribution in [0.2, 0.25) is 0 Å². The van der Waals surface area contributed by atoms with Crippen LogP contribution in [0.1, 0.15) is 10.4 Å². The molecule has 0 unspecified atom stereocenters. The highest BCUT2D eigenvalue weighted by atomic mass is 19.1. The van der Waals surface area contributed by atoms with Crippen molar-refractivity contribution in [3.63, 3.8) is 0 Å². The first-order valence-electron chi connectivity index (χ1n) is 3.19. The van der Waals surface area contributed by atoms with Gasteiger partial charge < -0.3 is 5.11 Å². The smallest absolute Gasteiger partial charge is 0.335 e. The monoisotopic (exact) mass is 168 g/mol. The Hall–Kier alpha value is -1.64. The predicted octanol–water partition coefficient (Wildman–Crippen LogP) is 2.33. The number of carboxylic acids is 1. The molecule has 0 heterocycles. The summed E-state index contributed by atoms with van der Waals surface area (Å²) >= 11 is 0. The average Bonchev–Trinajstić information content (AvgIpc) is 2.09. The Bertz CT molecular complexity index is 254. The molecule has 1 rings (SSSR count). The summed E-state index contributed by atoms with van der Waals surface area (Å²) in [6.45, 7) is 6.00. The molecule has 0 aliphatic heterocycles. The lowest BCUT2D eigenvalue weighted by molar-refractivity contribution is 0.0697. The highest BCUT2D eigenvalue weighted by Gasteiger charge is 1.99. The Morgan fingerprint density at radius 3 is 2.00 bits per heavy atom. The molecule has 3 heteroatoms. The van der Waals surface area contributed by atoms with Crippen molar-refractivity contribution in [2.24, 2.45) is 0 Å². The summed E-state index contributed by atoms with van der Waals surface area (Å²) in [7, 11) is 0. The van der Waals surface area contributed by atoms with Crippen molar-refractivity contribution >= 4 is 5.97 Å². The van der Waals surface area contributed by atoms with Crippen LogP contribution >= 0.6 is 0 Å². The van der Waals surface area contributed by atoms with Crippen LogP contribution in [0.3, 0.4) is 0 Å². The lowest BCUT2D eigenvalue weighted by Gasteiger charge is -1.90. The minimum Gasteiger partial charge on any atom is -0.478 e. The standard InChI is InChI=1S/C7H5FO2.C2H4/c8-6-3-1-5(2-4-6)7(9)10;1-2/h1-4H,(H,9,10);1-2H2. The SMILES string of the molecule is C=C.O=C(O)c1ccc(F)cc1. The van der Waals surface area contributed by atoms with Crippen LogP contribution in [0, 0.1) is 5.82 Å². The predicted molar refractivity (Wildman–Crippen MR) is 44.6 cm³/mol. The molecule has 0 saturated carbocycles. The molecule has 0 aromatic heterocycles. The van der Waals surface area contributed by atoms with Gasteiger partial charge in [0, 0.05) is 0 Å². The Labute approximate surface area is 70.0 Å². The Morgan fingerprint density at radius 2 is 1.67 bits per heavy atom. The lowest BCUT2D eigenvalue weighted by atomic mass is 10.2. The van der Waals surface area contributed by atoms with Gasteiger partial charge in [0.1, 0.15) is 5.82 Å². The Morgan fingerprint density at radius 1 is 1.25 bits per heavy atom. The second-order valence-electron chi connectivity index (χ2n) is 1.81. The third-order valence-corrected chi connectivity index (χ3v) is 1.09. The summed E-state index contributed by atoms with van der Waals surface area (Å²) in [5.41, 5.74) is 0.0985. The molecule has 12 heavy (non-hydrogen) atoms. The topological polar surface area (TPSA) is 37.3 Å². The van der Waals surface area contributed by atoms with Crippen LogP contribution in [0.25, 0.3) is 0 Å². The molecule has 0 saturated heterocycles. The van der Waals surface area contributed by atoms with E-state index >= 15 is 0 Å². The van der Waals surface area contributed by atoms with Crippen LogP contribution < -0.4 is 0 Å². The number of benzene rings is 1. The molecule has 0 aliphatic rings. The molecule has 1 N–H and O–H groups in total. The van der Waals surface area contributed by atoms with Crippen LogP contribution in [-0.4, -0.2) is 11.1 Å². The molecule has 64 valence electrons. The normalized spacial score (nSPS) is 8.08. The van der Waals surface area contributed by atoms with Crippen LogP contribution in [0.5, 0.6) is 0 Å². The average molecular weight is 168 g/mol. The molecule has 0 bridgehead atoms. The number of hydrogen-bond acceptors (Lipinski definition) is 1. The third-order valence-electron chi connectivity index (χ3n) is 1.09. The van der Waals surface area contributed by atoms with Crippen LogP contribution in [0.15, 0.2) is 37.4 Å². The van der Waals surface area contributed by atoms with Crippen molar-refractivity contribution in [2.45, 2.75) is 0 Å². The maximum atomic E-state index is 12.2. The van der Waals surface area contributed by atoms with Crippen molar-refractivity contribution < 1.29 is 14.3 Å². The van der Waals surface area contributed by atoms with Crippen molar-refractivity contribution in [1.82, 2.24) is 0 Å². The first kappa shape index (κ1) is 10.4. The molecule has 1 aromatic carbocycles. The van der Waals surface area contributed by atoms with Crippen molar-refractivity contribution in [3.05, 3.63) is 48.8 Å². The summed E-state index contributed by atoms with van der Waals surface area (Å²) in [5.74, 6) is -1.47. The molecule has 0 amide bonds. The first-order valence-corrected chi connectivity index (χ1v) is 3.19. The molecule has 0 radical (unpaired) electrons. The Balaban J connectivity index is 0.000000561. The van der Waals surface area contributed by atoms with E-state index in [1.54, 1.807) is 0 Å². The van der Waals surface area contributed by atoms with Crippen molar-refractivity contribution in [1.29, 1.82) is 0 Å². The molecule has 0 atom stereocenters. The fourth-order valence-corrected chi connectivity index (χ4v) is 0.592. The molecule has 0 spiro atoms. The summed E-state index contributed by atoms with van der Waals surface area (Å²) in [5, 5.41) is 8.35. The second kappa shape index (κ2) is 5.07. The van der Waals surface area contributed by atoms with Gasteiger partial charge in [-0.25, -0.2) is 9.18 Å². The zero-order valence-electron chi connectivity index (χ0n) is 6.46. The molecular weight excluding hydrogens is 159 g/mol. The van der Waals surface area contributed by atoms with Gasteiger partial charge in [0.25, 0.3) is 0 Å². The molecule has 1 aromatic rings. The van der Waals surface area contributed by atoms with Gasteiger partial charge in [-0.15, -0.1) is 13.2 Å². The highest BCUT2D eigenvalue weighted by Crippen LogP contribution is 2.01. The fourth-order valence-electron chi connectivity index (χ4n) is 0.592. The van der Waals surface area contributed by atoms with E-state index in [0.29, 0.717) is 0 Å². The molecule has 2 nitrogen and oxygen atoms in total.